The fourth-order valence-corrected chi connectivity index (χ4v) is 2.96. The van der Waals surface area contributed by atoms with Gasteiger partial charge in [-0.25, -0.2) is 9.38 Å². The lowest BCUT2D eigenvalue weighted by atomic mass is 9.78. The minimum absolute atomic E-state index is 0.0642. The summed E-state index contributed by atoms with van der Waals surface area (Å²) in [6.45, 7) is 0. The zero-order chi connectivity index (χ0) is 17.3. The van der Waals surface area contributed by atoms with Gasteiger partial charge in [-0.05, 0) is 12.1 Å². The Bertz CT molecular complexity index is 872. The molecule has 1 aromatic carbocycles. The normalized spacial score (nSPS) is 28.5. The number of carbonyl (C=O) groups is 1. The summed E-state index contributed by atoms with van der Waals surface area (Å²) in [6, 6.07) is 4.05. The Morgan fingerprint density at radius 3 is 2.75 bits per heavy atom. The number of benzene rings is 1. The molecular formula is C15H9F4N3O2. The van der Waals surface area contributed by atoms with E-state index < -0.39 is 41.5 Å². The molecule has 0 saturated carbocycles. The highest BCUT2D eigenvalue weighted by molar-refractivity contribution is 6.25. The Labute approximate surface area is 132 Å². The summed E-state index contributed by atoms with van der Waals surface area (Å²) in [4.78, 5) is 19.6. The van der Waals surface area contributed by atoms with Crippen LogP contribution in [0.5, 0.6) is 0 Å². The first-order chi connectivity index (χ1) is 11.2. The molecule has 4 rings (SSSR count). The minimum atomic E-state index is -5.11. The molecule has 3 heterocycles. The number of hydrogen-bond acceptors (Lipinski definition) is 4. The van der Waals surface area contributed by atoms with Gasteiger partial charge in [-0.2, -0.15) is 13.2 Å². The van der Waals surface area contributed by atoms with Crippen molar-refractivity contribution in [3.8, 4) is 0 Å². The Morgan fingerprint density at radius 1 is 1.33 bits per heavy atom. The number of aliphatic imine (C=N–C) groups is 2. The van der Waals surface area contributed by atoms with Crippen molar-refractivity contribution in [3.63, 3.8) is 0 Å². The molecule has 3 aliphatic heterocycles. The molecular weight excluding hydrogens is 330 g/mol. The van der Waals surface area contributed by atoms with E-state index in [0.29, 0.717) is 0 Å². The molecule has 3 aliphatic rings. The second kappa shape index (κ2) is 4.50. The van der Waals surface area contributed by atoms with Crippen LogP contribution in [0.15, 0.2) is 45.5 Å². The standard InChI is InChI=1S/C15H9F4N3O2/c16-7-3-1-2-6(4-7)10-9-11(12-13(21-10)22-12)20-8(23)5-14(9,24)15(17,18)19/h1-4,12,24H,5H2,(H,20,23). The van der Waals surface area contributed by atoms with Crippen LogP contribution in [-0.4, -0.2) is 40.4 Å². The number of hydrogen-bond donors (Lipinski definition) is 2. The summed E-state index contributed by atoms with van der Waals surface area (Å²) in [5.74, 6) is -1.39. The largest absolute Gasteiger partial charge is 0.422 e. The van der Waals surface area contributed by atoms with E-state index in [2.05, 4.69) is 15.3 Å². The zero-order valence-electron chi connectivity index (χ0n) is 11.9. The molecule has 1 amide bonds. The predicted octanol–water partition coefficient (Wildman–Crippen LogP) is 1.48. The number of halogens is 4. The lowest BCUT2D eigenvalue weighted by molar-refractivity contribution is -0.244. The van der Waals surface area contributed by atoms with Gasteiger partial charge in [0.05, 0.1) is 17.8 Å². The highest BCUT2D eigenvalue weighted by atomic mass is 19.4. The number of amidine groups is 1. The van der Waals surface area contributed by atoms with Gasteiger partial charge in [-0.3, -0.25) is 9.79 Å². The lowest BCUT2D eigenvalue weighted by Gasteiger charge is -2.38. The molecule has 0 fully saturated rings. The van der Waals surface area contributed by atoms with Crippen LogP contribution in [-0.2, 0) is 4.79 Å². The molecule has 0 spiro atoms. The number of alkyl halides is 3. The fourth-order valence-electron chi connectivity index (χ4n) is 2.96. The average molecular weight is 339 g/mol. The van der Waals surface area contributed by atoms with E-state index in [-0.39, 0.29) is 22.8 Å². The van der Waals surface area contributed by atoms with Crippen molar-refractivity contribution < 1.29 is 27.5 Å². The van der Waals surface area contributed by atoms with Gasteiger partial charge in [0, 0.05) is 11.1 Å². The van der Waals surface area contributed by atoms with Gasteiger partial charge < -0.3 is 10.4 Å². The van der Waals surface area contributed by atoms with Crippen molar-refractivity contribution in [2.45, 2.75) is 24.2 Å². The number of fused-ring (bicyclic) bond motifs is 2. The first kappa shape index (κ1) is 15.0. The SMILES string of the molecule is O=C1CC(O)(C(F)(F)F)C2=C(N1)C1N=C1N=C2c1cccc(F)c1. The molecule has 124 valence electrons. The summed E-state index contributed by atoms with van der Waals surface area (Å²) in [5, 5.41) is 12.7. The molecule has 0 radical (unpaired) electrons. The van der Waals surface area contributed by atoms with E-state index in [4.69, 9.17) is 0 Å². The molecule has 2 unspecified atom stereocenters. The second-order valence-corrected chi connectivity index (χ2v) is 5.73. The van der Waals surface area contributed by atoms with E-state index in [1.54, 1.807) is 0 Å². The van der Waals surface area contributed by atoms with E-state index in [1.165, 1.54) is 12.1 Å². The number of carbonyl (C=O) groups excluding carboxylic acids is 1. The number of aliphatic hydroxyl groups is 1. The number of nitrogens with zero attached hydrogens (tertiary/aromatic N) is 2. The Balaban J connectivity index is 1.95. The molecule has 9 heteroatoms. The third-order valence-corrected chi connectivity index (χ3v) is 4.12. The van der Waals surface area contributed by atoms with Crippen molar-refractivity contribution in [1.82, 2.24) is 5.32 Å². The van der Waals surface area contributed by atoms with E-state index >= 15 is 0 Å². The van der Waals surface area contributed by atoms with Gasteiger partial charge in [0.1, 0.15) is 5.82 Å². The van der Waals surface area contributed by atoms with Crippen molar-refractivity contribution in [3.05, 3.63) is 46.9 Å². The van der Waals surface area contributed by atoms with Crippen molar-refractivity contribution in [2.75, 3.05) is 0 Å². The van der Waals surface area contributed by atoms with Gasteiger partial charge >= 0.3 is 6.18 Å². The third kappa shape index (κ3) is 2.01. The van der Waals surface area contributed by atoms with Crippen LogP contribution in [0.1, 0.15) is 12.0 Å². The van der Waals surface area contributed by atoms with E-state index in [0.717, 1.165) is 12.1 Å². The summed E-state index contributed by atoms with van der Waals surface area (Å²) < 4.78 is 54.1. The Kier molecular flexibility index (Phi) is 2.82. The van der Waals surface area contributed by atoms with Crippen LogP contribution in [0.3, 0.4) is 0 Å². The van der Waals surface area contributed by atoms with Crippen LogP contribution >= 0.6 is 0 Å². The maximum Gasteiger partial charge on any atom is 0.422 e. The number of rotatable bonds is 1. The lowest BCUT2D eigenvalue weighted by Crippen LogP contribution is -2.57. The number of dihydropyridines is 1. The molecule has 0 saturated heterocycles. The van der Waals surface area contributed by atoms with E-state index in [1.807, 2.05) is 0 Å². The van der Waals surface area contributed by atoms with Gasteiger partial charge in [0.15, 0.2) is 17.5 Å². The molecule has 5 nitrogen and oxygen atoms in total. The quantitative estimate of drug-likeness (QED) is 0.761. The third-order valence-electron chi connectivity index (χ3n) is 4.12. The first-order valence-electron chi connectivity index (χ1n) is 6.97. The molecule has 0 aromatic heterocycles. The molecule has 0 aliphatic carbocycles. The highest BCUT2D eigenvalue weighted by Gasteiger charge is 2.63. The van der Waals surface area contributed by atoms with Gasteiger partial charge in [0.2, 0.25) is 5.91 Å². The van der Waals surface area contributed by atoms with Gasteiger partial charge in [-0.15, -0.1) is 0 Å². The molecule has 2 atom stereocenters. The summed E-state index contributed by atoms with van der Waals surface area (Å²) in [6.07, 6.45) is -6.29. The number of nitrogens with one attached hydrogen (secondary N) is 1. The first-order valence-corrected chi connectivity index (χ1v) is 6.97. The summed E-state index contributed by atoms with van der Waals surface area (Å²) >= 11 is 0. The number of amides is 1. The maximum atomic E-state index is 13.5. The van der Waals surface area contributed by atoms with Crippen LogP contribution in [0, 0.1) is 5.82 Å². The summed E-state index contributed by atoms with van der Waals surface area (Å²) in [5.41, 5.74) is -4.30. The maximum absolute atomic E-state index is 13.5. The molecule has 0 bridgehead atoms. The van der Waals surface area contributed by atoms with E-state index in [9.17, 15) is 27.5 Å². The van der Waals surface area contributed by atoms with Gasteiger partial charge in [-0.1, -0.05) is 12.1 Å². The molecule has 2 N–H and O–H groups in total. The fraction of sp³-hybridized carbons (Fsp3) is 0.267. The van der Waals surface area contributed by atoms with Gasteiger partial charge in [0.25, 0.3) is 0 Å². The summed E-state index contributed by atoms with van der Waals surface area (Å²) in [7, 11) is 0. The van der Waals surface area contributed by atoms with Crippen LogP contribution in [0.25, 0.3) is 0 Å². The Morgan fingerprint density at radius 2 is 2.08 bits per heavy atom. The van der Waals surface area contributed by atoms with Crippen LogP contribution in [0.2, 0.25) is 0 Å². The average Bonchev–Trinajstić information content (AvgIpc) is 3.24. The van der Waals surface area contributed by atoms with Crippen LogP contribution < -0.4 is 5.32 Å². The molecule has 1 aromatic rings. The monoisotopic (exact) mass is 339 g/mol. The minimum Gasteiger partial charge on any atom is -0.376 e. The van der Waals surface area contributed by atoms with Crippen molar-refractivity contribution >= 4 is 17.5 Å². The zero-order valence-corrected chi connectivity index (χ0v) is 11.9. The van der Waals surface area contributed by atoms with Crippen LogP contribution in [0.4, 0.5) is 17.6 Å². The smallest absolute Gasteiger partial charge is 0.376 e. The van der Waals surface area contributed by atoms with Crippen molar-refractivity contribution in [2.24, 2.45) is 9.98 Å². The second-order valence-electron chi connectivity index (χ2n) is 5.73. The van der Waals surface area contributed by atoms with Crippen molar-refractivity contribution in [1.29, 1.82) is 0 Å². The molecule has 24 heavy (non-hydrogen) atoms. The Hall–Kier alpha value is -2.55. The highest BCUT2D eigenvalue weighted by Crippen LogP contribution is 2.46. The predicted molar refractivity (Wildman–Crippen MR) is 75.0 cm³/mol. The topological polar surface area (TPSA) is 74.0 Å².